The predicted molar refractivity (Wildman–Crippen MR) is 168 cm³/mol. The molecule has 0 fully saturated rings. The maximum atomic E-state index is 13.5. The second kappa shape index (κ2) is 15.0. The van der Waals surface area contributed by atoms with Crippen LogP contribution in [0.3, 0.4) is 0 Å². The Balaban J connectivity index is 1.61. The third kappa shape index (κ3) is 7.29. The van der Waals surface area contributed by atoms with Crippen LogP contribution in [0, 0.1) is 6.92 Å². The van der Waals surface area contributed by atoms with E-state index in [1.165, 1.54) is 11.3 Å². The van der Waals surface area contributed by atoms with Gasteiger partial charge in [0.15, 0.2) is 11.0 Å². The number of hydrogen-bond donors (Lipinski definition) is 2. The number of methoxy groups -OCH3 is 1. The minimum absolute atomic E-state index is 0.0664. The lowest BCUT2D eigenvalue weighted by Crippen LogP contribution is -2.25. The molecule has 0 aliphatic carbocycles. The van der Waals surface area contributed by atoms with Gasteiger partial charge in [0, 0.05) is 0 Å². The predicted octanol–water partition coefficient (Wildman–Crippen LogP) is 5.11. The number of hydrogen-bond acceptors (Lipinski definition) is 12. The Kier molecular flexibility index (Phi) is 11.1. The van der Waals surface area contributed by atoms with Crippen molar-refractivity contribution in [1.29, 1.82) is 0 Å². The van der Waals surface area contributed by atoms with Gasteiger partial charge in [0.05, 0.1) is 48.2 Å². The highest BCUT2D eigenvalue weighted by Gasteiger charge is 2.29. The van der Waals surface area contributed by atoms with Gasteiger partial charge in [0.25, 0.3) is 5.91 Å². The highest BCUT2D eigenvalue weighted by molar-refractivity contribution is 8.00. The number of thiophene rings is 2. The van der Waals surface area contributed by atoms with Crippen molar-refractivity contribution >= 4 is 63.2 Å². The molecule has 4 rings (SSSR count). The molecular formula is C29H31N5O7S3. The minimum Gasteiger partial charge on any atom is -0.495 e. The lowest BCUT2D eigenvalue weighted by Gasteiger charge is -2.16. The summed E-state index contributed by atoms with van der Waals surface area (Å²) in [6.07, 6.45) is 0. The quantitative estimate of drug-likeness (QED) is 0.147. The Morgan fingerprint density at radius 1 is 1.02 bits per heavy atom. The molecule has 1 aromatic carbocycles. The first-order valence-corrected chi connectivity index (χ1v) is 16.1. The molecule has 0 spiro atoms. The van der Waals surface area contributed by atoms with Gasteiger partial charge >= 0.3 is 11.9 Å². The first kappa shape index (κ1) is 32.7. The summed E-state index contributed by atoms with van der Waals surface area (Å²) < 4.78 is 17.6. The molecular weight excluding hydrogens is 627 g/mol. The molecule has 0 bridgehead atoms. The van der Waals surface area contributed by atoms with Crippen molar-refractivity contribution in [1.82, 2.24) is 20.1 Å². The zero-order valence-electron chi connectivity index (χ0n) is 24.7. The van der Waals surface area contributed by atoms with Crippen molar-refractivity contribution in [3.8, 4) is 11.4 Å². The molecule has 0 radical (unpaired) electrons. The molecule has 0 aliphatic heterocycles. The first-order valence-electron chi connectivity index (χ1n) is 13.5. The smallest absolute Gasteiger partial charge is 0.348 e. The average molecular weight is 658 g/mol. The number of nitrogens with zero attached hydrogens (tertiary/aromatic N) is 3. The monoisotopic (exact) mass is 657 g/mol. The fourth-order valence-corrected chi connectivity index (χ4v) is 6.68. The summed E-state index contributed by atoms with van der Waals surface area (Å²) in [5.41, 5.74) is 1.09. The summed E-state index contributed by atoms with van der Waals surface area (Å²) in [6.45, 7) is 6.98. The molecule has 3 heterocycles. The van der Waals surface area contributed by atoms with Crippen molar-refractivity contribution in [2.75, 3.05) is 25.6 Å². The zero-order valence-corrected chi connectivity index (χ0v) is 27.1. The van der Waals surface area contributed by atoms with Crippen LogP contribution in [-0.4, -0.2) is 64.1 Å². The van der Waals surface area contributed by atoms with Crippen molar-refractivity contribution in [2.45, 2.75) is 44.6 Å². The highest BCUT2D eigenvalue weighted by atomic mass is 32.2. The van der Waals surface area contributed by atoms with Crippen molar-refractivity contribution in [2.24, 2.45) is 0 Å². The number of carbonyl (C=O) groups is 4. The Morgan fingerprint density at radius 2 is 1.75 bits per heavy atom. The number of amides is 2. The van der Waals surface area contributed by atoms with Crippen LogP contribution in [0.5, 0.6) is 5.75 Å². The van der Waals surface area contributed by atoms with Gasteiger partial charge in [-0.3, -0.25) is 14.2 Å². The van der Waals surface area contributed by atoms with E-state index >= 15 is 0 Å². The van der Waals surface area contributed by atoms with E-state index in [4.69, 9.17) is 14.2 Å². The number of para-hydroxylation sites is 2. The van der Waals surface area contributed by atoms with Crippen LogP contribution in [0.4, 0.5) is 5.00 Å². The molecule has 1 atom stereocenters. The summed E-state index contributed by atoms with van der Waals surface area (Å²) in [6, 6.07) is 10.8. The number of anilines is 1. The van der Waals surface area contributed by atoms with Crippen LogP contribution in [0.15, 0.2) is 46.9 Å². The SMILES string of the molecule is CCOC(=O)c1sc(NC(=O)[C@H](C)Sc2nnc(CNC(=O)c3cccs3)n2-c2ccccc2OC)c(C(=O)OCC)c1C. The van der Waals surface area contributed by atoms with Gasteiger partial charge in [-0.05, 0) is 56.8 Å². The summed E-state index contributed by atoms with van der Waals surface area (Å²) in [5, 5.41) is 15.9. The van der Waals surface area contributed by atoms with E-state index in [9.17, 15) is 19.2 Å². The number of aromatic nitrogens is 3. The van der Waals surface area contributed by atoms with Gasteiger partial charge in [0.2, 0.25) is 5.91 Å². The lowest BCUT2D eigenvalue weighted by atomic mass is 10.1. The number of carbonyl (C=O) groups excluding carboxylic acids is 4. The Labute approximate surface area is 266 Å². The second-order valence-electron chi connectivity index (χ2n) is 9.02. The molecule has 44 heavy (non-hydrogen) atoms. The van der Waals surface area contributed by atoms with Gasteiger partial charge in [-0.15, -0.1) is 32.9 Å². The van der Waals surface area contributed by atoms with E-state index in [2.05, 4.69) is 20.8 Å². The molecule has 0 unspecified atom stereocenters. The van der Waals surface area contributed by atoms with E-state index in [-0.39, 0.29) is 41.1 Å². The van der Waals surface area contributed by atoms with Crippen molar-refractivity contribution in [3.63, 3.8) is 0 Å². The Hall–Kier alpha value is -4.21. The third-order valence-corrected chi connectivity index (χ3v) is 9.25. The van der Waals surface area contributed by atoms with Crippen molar-refractivity contribution < 1.29 is 33.4 Å². The molecule has 2 N–H and O–H groups in total. The summed E-state index contributed by atoms with van der Waals surface area (Å²) in [5.74, 6) is -0.977. The summed E-state index contributed by atoms with van der Waals surface area (Å²) in [7, 11) is 1.54. The Bertz CT molecular complexity index is 1650. The van der Waals surface area contributed by atoms with E-state index < -0.39 is 23.1 Å². The molecule has 12 nitrogen and oxygen atoms in total. The number of esters is 2. The Morgan fingerprint density at radius 3 is 2.43 bits per heavy atom. The number of rotatable bonds is 13. The summed E-state index contributed by atoms with van der Waals surface area (Å²) in [4.78, 5) is 52.2. The minimum atomic E-state index is -0.732. The van der Waals surface area contributed by atoms with Crippen LogP contribution in [0.1, 0.15) is 61.9 Å². The average Bonchev–Trinajstić information content (AvgIpc) is 3.76. The molecule has 2 amide bonds. The standard InChI is InChI=1S/C29H31N5O7S3/c1-6-40-27(37)22-16(3)23(28(38)41-7-2)44-26(22)31-24(35)17(4)43-29-33-32-21(15-30-25(36)20-13-10-14-42-20)34(29)18-11-8-9-12-19(18)39-5/h8-14,17H,6-7,15H2,1-5H3,(H,30,36)(H,31,35)/t17-/m0/s1. The molecule has 232 valence electrons. The maximum absolute atomic E-state index is 13.5. The number of ether oxygens (including phenoxy) is 3. The van der Waals surface area contributed by atoms with E-state index in [1.807, 2.05) is 23.6 Å². The van der Waals surface area contributed by atoms with Crippen LogP contribution in [-0.2, 0) is 20.8 Å². The number of benzene rings is 1. The van der Waals surface area contributed by atoms with Gasteiger partial charge in [0.1, 0.15) is 15.6 Å². The van der Waals surface area contributed by atoms with E-state index in [0.29, 0.717) is 32.9 Å². The molecule has 4 aromatic rings. The zero-order chi connectivity index (χ0) is 31.8. The van der Waals surface area contributed by atoms with Gasteiger partial charge < -0.3 is 24.8 Å². The second-order valence-corrected chi connectivity index (χ2v) is 12.3. The molecule has 0 saturated heterocycles. The number of nitrogens with one attached hydrogen (secondary N) is 2. The molecule has 0 aliphatic rings. The first-order chi connectivity index (χ1) is 21.2. The number of thioether (sulfide) groups is 1. The van der Waals surface area contributed by atoms with Crippen LogP contribution < -0.4 is 15.4 Å². The topological polar surface area (TPSA) is 151 Å². The van der Waals surface area contributed by atoms with Gasteiger partial charge in [-0.1, -0.05) is 30.0 Å². The van der Waals surface area contributed by atoms with Gasteiger partial charge in [-0.2, -0.15) is 0 Å². The highest BCUT2D eigenvalue weighted by Crippen LogP contribution is 2.36. The van der Waals surface area contributed by atoms with E-state index in [1.54, 1.807) is 57.6 Å². The van der Waals surface area contributed by atoms with E-state index in [0.717, 1.165) is 23.1 Å². The largest absolute Gasteiger partial charge is 0.495 e. The van der Waals surface area contributed by atoms with Crippen LogP contribution in [0.25, 0.3) is 5.69 Å². The fourth-order valence-electron chi connectivity index (χ4n) is 4.07. The van der Waals surface area contributed by atoms with Crippen molar-refractivity contribution in [3.05, 3.63) is 68.5 Å². The molecule has 3 aromatic heterocycles. The molecule has 0 saturated carbocycles. The van der Waals surface area contributed by atoms with Crippen LogP contribution >= 0.6 is 34.4 Å². The maximum Gasteiger partial charge on any atom is 0.348 e. The van der Waals surface area contributed by atoms with Gasteiger partial charge in [-0.25, -0.2) is 9.59 Å². The lowest BCUT2D eigenvalue weighted by molar-refractivity contribution is -0.115. The van der Waals surface area contributed by atoms with Crippen LogP contribution in [0.2, 0.25) is 0 Å². The normalized spacial score (nSPS) is 11.5. The third-order valence-electron chi connectivity index (χ3n) is 6.15. The fraction of sp³-hybridized carbons (Fsp3) is 0.310. The summed E-state index contributed by atoms with van der Waals surface area (Å²) >= 11 is 3.40. The molecule has 15 heteroatoms.